The van der Waals surface area contributed by atoms with Crippen LogP contribution in [0.2, 0.25) is 0 Å². The minimum absolute atomic E-state index is 0.0187. The number of aryl methyl sites for hydroxylation is 1. The molecule has 0 spiro atoms. The van der Waals surface area contributed by atoms with Crippen LogP contribution in [0.25, 0.3) is 0 Å². The fraction of sp³-hybridized carbons (Fsp3) is 0.500. The van der Waals surface area contributed by atoms with Crippen molar-refractivity contribution in [3.63, 3.8) is 0 Å². The molecule has 3 N–H and O–H groups in total. The molecule has 0 fully saturated rings. The van der Waals surface area contributed by atoms with Crippen molar-refractivity contribution in [2.24, 2.45) is 5.73 Å². The van der Waals surface area contributed by atoms with E-state index in [0.29, 0.717) is 24.2 Å². The Morgan fingerprint density at radius 2 is 2.46 bits per heavy atom. The molecule has 1 atom stereocenters. The summed E-state index contributed by atoms with van der Waals surface area (Å²) in [6, 6.07) is 0.0324. The summed E-state index contributed by atoms with van der Waals surface area (Å²) in [5, 5.41) is 12.3. The fourth-order valence-electron chi connectivity index (χ4n) is 1.60. The summed E-state index contributed by atoms with van der Waals surface area (Å²) in [5.41, 5.74) is 6.41. The van der Waals surface area contributed by atoms with E-state index < -0.39 is 5.97 Å². The molecule has 13 heavy (non-hydrogen) atoms. The third kappa shape index (κ3) is 1.31. The lowest BCUT2D eigenvalue weighted by molar-refractivity contribution is 0.0684. The molecule has 0 saturated carbocycles. The van der Waals surface area contributed by atoms with Gasteiger partial charge in [0, 0.05) is 18.0 Å². The van der Waals surface area contributed by atoms with Crippen molar-refractivity contribution in [3.8, 4) is 0 Å². The highest BCUT2D eigenvalue weighted by Crippen LogP contribution is 2.23. The van der Waals surface area contributed by atoms with Gasteiger partial charge in [-0.25, -0.2) is 4.79 Å². The van der Waals surface area contributed by atoms with Crippen molar-refractivity contribution in [1.29, 1.82) is 0 Å². The Hall–Kier alpha value is -1.36. The molecule has 1 aromatic heterocycles. The summed E-state index contributed by atoms with van der Waals surface area (Å²) in [7, 11) is 0. The van der Waals surface area contributed by atoms with Crippen LogP contribution in [0.15, 0.2) is 4.52 Å². The third-order valence-corrected chi connectivity index (χ3v) is 2.28. The lowest BCUT2D eigenvalue weighted by atomic mass is 9.93. The maximum atomic E-state index is 10.7. The number of carboxylic acid groups (broad SMARTS) is 1. The molecule has 0 aromatic carbocycles. The van der Waals surface area contributed by atoms with Gasteiger partial charge in [0.15, 0.2) is 5.69 Å². The predicted molar refractivity (Wildman–Crippen MR) is 43.5 cm³/mol. The van der Waals surface area contributed by atoms with Crippen LogP contribution in [-0.4, -0.2) is 22.3 Å². The van der Waals surface area contributed by atoms with Crippen molar-refractivity contribution in [3.05, 3.63) is 17.0 Å². The van der Waals surface area contributed by atoms with E-state index in [1.165, 1.54) is 0 Å². The van der Waals surface area contributed by atoms with Crippen molar-refractivity contribution < 1.29 is 14.4 Å². The number of rotatable bonds is 1. The van der Waals surface area contributed by atoms with Crippen molar-refractivity contribution in [1.82, 2.24) is 5.16 Å². The number of aromatic carboxylic acids is 1. The van der Waals surface area contributed by atoms with E-state index in [9.17, 15) is 4.79 Å². The molecule has 1 unspecified atom stereocenters. The highest BCUT2D eigenvalue weighted by atomic mass is 16.5. The Balaban J connectivity index is 2.41. The van der Waals surface area contributed by atoms with Gasteiger partial charge in [-0.05, 0) is 12.8 Å². The maximum absolute atomic E-state index is 10.7. The number of nitrogens with zero attached hydrogens (tertiary/aromatic N) is 1. The average Bonchev–Trinajstić information content (AvgIpc) is 2.46. The van der Waals surface area contributed by atoms with E-state index >= 15 is 0 Å². The van der Waals surface area contributed by atoms with Crippen molar-refractivity contribution in [2.75, 3.05) is 0 Å². The van der Waals surface area contributed by atoms with Crippen LogP contribution in [0.4, 0.5) is 0 Å². The van der Waals surface area contributed by atoms with Gasteiger partial charge in [-0.2, -0.15) is 0 Å². The Morgan fingerprint density at radius 1 is 1.69 bits per heavy atom. The molecule has 0 amide bonds. The van der Waals surface area contributed by atoms with Gasteiger partial charge in [0.25, 0.3) is 0 Å². The summed E-state index contributed by atoms with van der Waals surface area (Å²) >= 11 is 0. The zero-order valence-corrected chi connectivity index (χ0v) is 6.99. The largest absolute Gasteiger partial charge is 0.476 e. The van der Waals surface area contributed by atoms with E-state index in [1.54, 1.807) is 0 Å². The molecular weight excluding hydrogens is 172 g/mol. The minimum atomic E-state index is -1.04. The molecule has 70 valence electrons. The van der Waals surface area contributed by atoms with Crippen LogP contribution in [-0.2, 0) is 12.8 Å². The van der Waals surface area contributed by atoms with Crippen LogP contribution >= 0.6 is 0 Å². The fourth-order valence-corrected chi connectivity index (χ4v) is 1.60. The highest BCUT2D eigenvalue weighted by Gasteiger charge is 2.26. The Kier molecular flexibility index (Phi) is 1.81. The van der Waals surface area contributed by atoms with Gasteiger partial charge in [0.05, 0.1) is 0 Å². The molecule has 5 heteroatoms. The molecule has 0 radical (unpaired) electrons. The number of fused-ring (bicyclic) bond motifs is 1. The summed E-state index contributed by atoms with van der Waals surface area (Å²) < 4.78 is 4.91. The van der Waals surface area contributed by atoms with Crippen molar-refractivity contribution in [2.45, 2.75) is 25.3 Å². The van der Waals surface area contributed by atoms with Crippen LogP contribution in [0, 0.1) is 0 Å². The molecular formula is C8H10N2O3. The first-order valence-electron chi connectivity index (χ1n) is 4.14. The van der Waals surface area contributed by atoms with Crippen LogP contribution in [0.5, 0.6) is 0 Å². The predicted octanol–water partition coefficient (Wildman–Crippen LogP) is 0.189. The number of nitrogens with two attached hydrogens (primary N) is 1. The summed E-state index contributed by atoms with van der Waals surface area (Å²) in [5.74, 6) is -0.363. The van der Waals surface area contributed by atoms with E-state index in [4.69, 9.17) is 15.4 Å². The number of hydrogen-bond acceptors (Lipinski definition) is 4. The summed E-state index contributed by atoms with van der Waals surface area (Å²) in [6.07, 6.45) is 2.08. The highest BCUT2D eigenvalue weighted by molar-refractivity contribution is 5.87. The molecule has 0 saturated heterocycles. The lowest BCUT2D eigenvalue weighted by Crippen LogP contribution is -2.28. The van der Waals surface area contributed by atoms with Gasteiger partial charge >= 0.3 is 5.97 Å². The van der Waals surface area contributed by atoms with Gasteiger partial charge in [-0.15, -0.1) is 0 Å². The van der Waals surface area contributed by atoms with E-state index in [1.807, 2.05) is 0 Å². The molecule has 5 nitrogen and oxygen atoms in total. The van der Waals surface area contributed by atoms with Crippen molar-refractivity contribution >= 4 is 5.97 Å². The first-order valence-corrected chi connectivity index (χ1v) is 4.14. The summed E-state index contributed by atoms with van der Waals surface area (Å²) in [4.78, 5) is 10.7. The minimum Gasteiger partial charge on any atom is -0.476 e. The molecule has 1 aromatic rings. The quantitative estimate of drug-likeness (QED) is 0.647. The SMILES string of the molecule is NC1CCc2onc(C(=O)O)c2C1. The molecule has 1 aliphatic carbocycles. The lowest BCUT2D eigenvalue weighted by Gasteiger charge is -2.15. The van der Waals surface area contributed by atoms with Gasteiger partial charge in [0.2, 0.25) is 0 Å². The Labute approximate surface area is 74.5 Å². The van der Waals surface area contributed by atoms with E-state index in [2.05, 4.69) is 5.16 Å². The van der Waals surface area contributed by atoms with Crippen LogP contribution in [0.1, 0.15) is 28.2 Å². The van der Waals surface area contributed by atoms with E-state index in [-0.39, 0.29) is 11.7 Å². The number of hydrogen-bond donors (Lipinski definition) is 2. The third-order valence-electron chi connectivity index (χ3n) is 2.28. The normalized spacial score (nSPS) is 21.2. The molecule has 0 bridgehead atoms. The first kappa shape index (κ1) is 8.25. The van der Waals surface area contributed by atoms with E-state index in [0.717, 1.165) is 6.42 Å². The Morgan fingerprint density at radius 3 is 3.15 bits per heavy atom. The number of aromatic nitrogens is 1. The standard InChI is InChI=1S/C8H10N2O3/c9-4-1-2-6-5(3-4)7(8(11)12)10-13-6/h4H,1-3,9H2,(H,11,12). The average molecular weight is 182 g/mol. The van der Waals surface area contributed by atoms with Gasteiger partial charge in [-0.1, -0.05) is 5.16 Å². The van der Waals surface area contributed by atoms with Gasteiger partial charge in [-0.3, -0.25) is 0 Å². The van der Waals surface area contributed by atoms with Crippen LogP contribution in [0.3, 0.4) is 0 Å². The molecule has 1 aliphatic rings. The second kappa shape index (κ2) is 2.85. The first-order chi connectivity index (χ1) is 6.18. The molecule has 0 aliphatic heterocycles. The van der Waals surface area contributed by atoms with Gasteiger partial charge < -0.3 is 15.4 Å². The second-order valence-corrected chi connectivity index (χ2v) is 3.24. The zero-order chi connectivity index (χ0) is 9.42. The van der Waals surface area contributed by atoms with Crippen LogP contribution < -0.4 is 5.73 Å². The smallest absolute Gasteiger partial charge is 0.358 e. The molecule has 1 heterocycles. The van der Waals surface area contributed by atoms with Gasteiger partial charge in [0.1, 0.15) is 5.76 Å². The molecule has 2 rings (SSSR count). The maximum Gasteiger partial charge on any atom is 0.358 e. The number of carboxylic acids is 1. The number of carbonyl (C=O) groups is 1. The Bertz CT molecular complexity index is 345. The topological polar surface area (TPSA) is 89.4 Å². The zero-order valence-electron chi connectivity index (χ0n) is 6.99. The second-order valence-electron chi connectivity index (χ2n) is 3.24. The summed E-state index contributed by atoms with van der Waals surface area (Å²) in [6.45, 7) is 0. The monoisotopic (exact) mass is 182 g/mol.